The van der Waals surface area contributed by atoms with Gasteiger partial charge in [0, 0.05) is 19.3 Å². The monoisotopic (exact) mass is 1060 g/mol. The lowest BCUT2D eigenvalue weighted by Crippen LogP contribution is -2.61. The highest BCUT2D eigenvalue weighted by Gasteiger charge is 2.50. The number of unbranched alkanes of at least 4 members (excludes halogenated alkanes) is 27. The van der Waals surface area contributed by atoms with Crippen molar-refractivity contribution < 1.29 is 58.2 Å². The second-order valence-electron chi connectivity index (χ2n) is 20.6. The summed E-state index contributed by atoms with van der Waals surface area (Å²) in [4.78, 5) is 51.1. The van der Waals surface area contributed by atoms with Crippen LogP contribution >= 0.6 is 0 Å². The SMILES string of the molecule is CC/C=C\C/C=C\C/C=C\CCCCCC(=O)OC(COC(=O)CCCCCCCCCCCCCCCCCCCCC)COC1OC(C(=O)O)C(O)C(O)C1OC(=O)CCCCCCC/C=C\C/C=C\CCC. The molecule has 0 aromatic carbocycles. The lowest BCUT2D eigenvalue weighted by atomic mass is 9.98. The largest absolute Gasteiger partial charge is 0.479 e. The van der Waals surface area contributed by atoms with Gasteiger partial charge in [-0.1, -0.05) is 229 Å². The van der Waals surface area contributed by atoms with Gasteiger partial charge in [-0.25, -0.2) is 4.79 Å². The Bertz CT molecular complexity index is 1540. The number of carbonyl (C=O) groups is 4. The van der Waals surface area contributed by atoms with Crippen LogP contribution in [0.25, 0.3) is 0 Å². The zero-order valence-corrected chi connectivity index (χ0v) is 47.5. The van der Waals surface area contributed by atoms with Crippen LogP contribution in [0.2, 0.25) is 0 Å². The van der Waals surface area contributed by atoms with E-state index < -0.39 is 67.3 Å². The van der Waals surface area contributed by atoms with E-state index in [1.54, 1.807) is 0 Å². The van der Waals surface area contributed by atoms with Crippen LogP contribution in [0, 0.1) is 0 Å². The molecule has 432 valence electrons. The van der Waals surface area contributed by atoms with E-state index >= 15 is 0 Å². The molecule has 6 unspecified atom stereocenters. The second kappa shape index (κ2) is 51.2. The number of hydrogen-bond donors (Lipinski definition) is 3. The standard InChI is InChI=1S/C63H108O12/c1-4-7-10-13-16-19-22-25-26-27-28-29-30-33-34-37-40-43-46-49-55(64)71-52-54(73-56(65)50-47-44-41-38-35-31-23-20-17-14-11-8-5-2)53-72-63-61(59(68)58(67)60(75-63)62(69)70)74-57(66)51-48-45-42-39-36-32-24-21-18-15-12-9-6-3/h8,11-12,15,17,20-21,24,31,35,54,58-61,63,67-68H,4-7,9-10,13-14,16,18-19,22-23,25-30,32-34,36-53H2,1-3H3,(H,69,70)/b11-8-,15-12-,20-17-,24-21-,35-31-. The van der Waals surface area contributed by atoms with Gasteiger partial charge in [-0.2, -0.15) is 0 Å². The Morgan fingerprint density at radius 3 is 1.35 bits per heavy atom. The van der Waals surface area contributed by atoms with E-state index in [0.29, 0.717) is 19.3 Å². The summed E-state index contributed by atoms with van der Waals surface area (Å²) in [5.74, 6) is -3.17. The summed E-state index contributed by atoms with van der Waals surface area (Å²) in [6.45, 7) is 5.80. The van der Waals surface area contributed by atoms with Crippen molar-refractivity contribution in [1.82, 2.24) is 0 Å². The van der Waals surface area contributed by atoms with E-state index in [-0.39, 0.29) is 25.9 Å². The minimum Gasteiger partial charge on any atom is -0.479 e. The Morgan fingerprint density at radius 1 is 0.453 bits per heavy atom. The first-order valence-electron chi connectivity index (χ1n) is 30.3. The fourth-order valence-corrected chi connectivity index (χ4v) is 8.95. The summed E-state index contributed by atoms with van der Waals surface area (Å²) in [5, 5.41) is 31.5. The van der Waals surface area contributed by atoms with E-state index in [9.17, 15) is 34.5 Å². The van der Waals surface area contributed by atoms with Crippen molar-refractivity contribution in [2.75, 3.05) is 13.2 Å². The maximum absolute atomic E-state index is 13.1. The number of allylic oxidation sites excluding steroid dienone is 10. The Kier molecular flexibility index (Phi) is 47.4. The van der Waals surface area contributed by atoms with Gasteiger partial charge in [0.05, 0.1) is 6.61 Å². The van der Waals surface area contributed by atoms with Gasteiger partial charge in [0.1, 0.15) is 18.8 Å². The molecule has 75 heavy (non-hydrogen) atoms. The van der Waals surface area contributed by atoms with Crippen LogP contribution in [0.3, 0.4) is 0 Å². The summed E-state index contributed by atoms with van der Waals surface area (Å²) >= 11 is 0. The Labute approximate surface area is 456 Å². The van der Waals surface area contributed by atoms with Gasteiger partial charge in [0.2, 0.25) is 0 Å². The number of aliphatic hydroxyl groups is 2. The molecular formula is C63H108O12. The molecule has 0 aromatic rings. The van der Waals surface area contributed by atoms with E-state index in [4.69, 9.17) is 23.7 Å². The van der Waals surface area contributed by atoms with Gasteiger partial charge in [-0.3, -0.25) is 14.4 Å². The fraction of sp³-hybridized carbons (Fsp3) is 0.778. The van der Waals surface area contributed by atoms with Gasteiger partial charge in [-0.05, 0) is 77.0 Å². The molecule has 1 saturated heterocycles. The number of carboxylic acids is 1. The lowest BCUT2D eigenvalue weighted by molar-refractivity contribution is -0.301. The van der Waals surface area contributed by atoms with E-state index in [1.165, 1.54) is 96.3 Å². The highest BCUT2D eigenvalue weighted by molar-refractivity contribution is 5.74. The first kappa shape index (κ1) is 69.4. The normalized spacial score (nSPS) is 18.5. The van der Waals surface area contributed by atoms with Crippen molar-refractivity contribution in [2.24, 2.45) is 0 Å². The number of aliphatic carboxylic acids is 1. The van der Waals surface area contributed by atoms with Crippen molar-refractivity contribution in [1.29, 1.82) is 0 Å². The van der Waals surface area contributed by atoms with Crippen LogP contribution in [0.4, 0.5) is 0 Å². The molecule has 12 heteroatoms. The van der Waals surface area contributed by atoms with Crippen molar-refractivity contribution in [3.05, 3.63) is 60.8 Å². The third-order valence-electron chi connectivity index (χ3n) is 13.6. The Morgan fingerprint density at radius 2 is 0.867 bits per heavy atom. The molecule has 0 bridgehead atoms. The molecule has 0 amide bonds. The minimum atomic E-state index is -1.91. The van der Waals surface area contributed by atoms with Gasteiger partial charge < -0.3 is 39.0 Å². The third kappa shape index (κ3) is 41.2. The number of esters is 3. The van der Waals surface area contributed by atoms with Crippen LogP contribution in [-0.4, -0.2) is 89.2 Å². The quantitative estimate of drug-likeness (QED) is 0.0228. The van der Waals surface area contributed by atoms with Gasteiger partial charge in [-0.15, -0.1) is 0 Å². The first-order chi connectivity index (χ1) is 36.6. The van der Waals surface area contributed by atoms with Gasteiger partial charge in [0.15, 0.2) is 24.6 Å². The minimum absolute atomic E-state index is 0.0406. The first-order valence-corrected chi connectivity index (χ1v) is 30.3. The Balaban J connectivity index is 2.67. The van der Waals surface area contributed by atoms with E-state index in [0.717, 1.165) is 109 Å². The molecule has 3 N–H and O–H groups in total. The fourth-order valence-electron chi connectivity index (χ4n) is 8.95. The van der Waals surface area contributed by atoms with Gasteiger partial charge in [0.25, 0.3) is 0 Å². The summed E-state index contributed by atoms with van der Waals surface area (Å²) < 4.78 is 28.4. The van der Waals surface area contributed by atoms with Crippen molar-refractivity contribution in [3.63, 3.8) is 0 Å². The van der Waals surface area contributed by atoms with Gasteiger partial charge >= 0.3 is 23.9 Å². The molecule has 1 rings (SSSR count). The molecule has 1 aliphatic heterocycles. The third-order valence-corrected chi connectivity index (χ3v) is 13.6. The van der Waals surface area contributed by atoms with Crippen LogP contribution in [0.1, 0.15) is 265 Å². The lowest BCUT2D eigenvalue weighted by Gasteiger charge is -2.40. The number of carboxylic acid groups (broad SMARTS) is 1. The smallest absolute Gasteiger partial charge is 0.335 e. The van der Waals surface area contributed by atoms with Crippen molar-refractivity contribution >= 4 is 23.9 Å². The molecule has 12 nitrogen and oxygen atoms in total. The van der Waals surface area contributed by atoms with E-state index in [2.05, 4.69) is 81.5 Å². The molecule has 0 spiro atoms. The average Bonchev–Trinajstić information content (AvgIpc) is 3.39. The molecule has 0 saturated carbocycles. The zero-order valence-electron chi connectivity index (χ0n) is 47.5. The molecule has 1 fully saturated rings. The average molecular weight is 1060 g/mol. The van der Waals surface area contributed by atoms with E-state index in [1.807, 2.05) is 0 Å². The summed E-state index contributed by atoms with van der Waals surface area (Å²) in [6.07, 6.45) is 50.6. The van der Waals surface area contributed by atoms with Crippen LogP contribution in [0.15, 0.2) is 60.8 Å². The van der Waals surface area contributed by atoms with Crippen LogP contribution in [-0.2, 0) is 42.9 Å². The molecule has 1 heterocycles. The number of aliphatic hydroxyl groups excluding tert-OH is 2. The number of carbonyl (C=O) groups excluding carboxylic acids is 3. The molecule has 1 aliphatic rings. The number of hydrogen-bond acceptors (Lipinski definition) is 11. The zero-order chi connectivity index (χ0) is 54.7. The van der Waals surface area contributed by atoms with Crippen LogP contribution in [0.5, 0.6) is 0 Å². The summed E-state index contributed by atoms with van der Waals surface area (Å²) in [5.41, 5.74) is 0. The van der Waals surface area contributed by atoms with Crippen molar-refractivity contribution in [3.8, 4) is 0 Å². The molecular weight excluding hydrogens is 949 g/mol. The number of rotatable bonds is 51. The number of ether oxygens (including phenoxy) is 5. The summed E-state index contributed by atoms with van der Waals surface area (Å²) in [7, 11) is 0. The predicted octanol–water partition coefficient (Wildman–Crippen LogP) is 15.6. The maximum Gasteiger partial charge on any atom is 0.335 e. The topological polar surface area (TPSA) is 175 Å². The molecule has 0 aliphatic carbocycles. The molecule has 6 atom stereocenters. The second-order valence-corrected chi connectivity index (χ2v) is 20.6. The highest BCUT2D eigenvalue weighted by atomic mass is 16.7. The molecule has 0 aromatic heterocycles. The summed E-state index contributed by atoms with van der Waals surface area (Å²) in [6, 6.07) is 0. The predicted molar refractivity (Wildman–Crippen MR) is 303 cm³/mol. The van der Waals surface area contributed by atoms with Crippen molar-refractivity contribution in [2.45, 2.75) is 302 Å². The maximum atomic E-state index is 13.1. The highest BCUT2D eigenvalue weighted by Crippen LogP contribution is 2.26. The van der Waals surface area contributed by atoms with Crippen LogP contribution < -0.4 is 0 Å². The molecule has 0 radical (unpaired) electrons. The Hall–Kier alpha value is -3.58.